The van der Waals surface area contributed by atoms with Gasteiger partial charge in [0, 0.05) is 19.2 Å². The molecular weight excluding hydrogens is 366 g/mol. The molecule has 0 saturated carbocycles. The quantitative estimate of drug-likeness (QED) is 0.863. The monoisotopic (exact) mass is 382 g/mol. The van der Waals surface area contributed by atoms with E-state index >= 15 is 0 Å². The third-order valence-corrected chi connectivity index (χ3v) is 5.35. The average Bonchev–Trinajstić information content (AvgIpc) is 2.99. The van der Waals surface area contributed by atoms with Gasteiger partial charge in [-0.1, -0.05) is 12.1 Å². The largest absolute Gasteiger partial charge is 0.433 e. The maximum atomic E-state index is 12.6. The number of sulfonamides is 1. The van der Waals surface area contributed by atoms with Crippen LogP contribution in [-0.4, -0.2) is 27.5 Å². The van der Waals surface area contributed by atoms with Crippen LogP contribution in [0, 0.1) is 0 Å². The van der Waals surface area contributed by atoms with Crippen molar-refractivity contribution in [1.82, 2.24) is 0 Å². The zero-order valence-corrected chi connectivity index (χ0v) is 14.6. The Bertz CT molecular complexity index is 948. The summed E-state index contributed by atoms with van der Waals surface area (Å²) >= 11 is 0. The number of rotatable bonds is 5. The minimum absolute atomic E-state index is 0.0199. The number of hydrogen-bond donors (Lipinski definition) is 1. The summed E-state index contributed by atoms with van der Waals surface area (Å²) in [6, 6.07) is 9.97. The van der Waals surface area contributed by atoms with E-state index in [-0.39, 0.29) is 22.2 Å². The number of hydrogen-bond acceptors (Lipinski definition) is 4. The molecular formula is C17H16F2N2O4S. The van der Waals surface area contributed by atoms with E-state index in [4.69, 9.17) is 0 Å². The Morgan fingerprint density at radius 3 is 2.65 bits per heavy atom. The SMILES string of the molecule is CC(=O)N1CCc2cc(S(=O)(=O)Nc3ccccc3OC(F)F)ccc21. The van der Waals surface area contributed by atoms with Crippen LogP contribution < -0.4 is 14.4 Å². The lowest BCUT2D eigenvalue weighted by molar-refractivity contribution is -0.116. The van der Waals surface area contributed by atoms with E-state index in [1.807, 2.05) is 0 Å². The van der Waals surface area contributed by atoms with Crippen molar-refractivity contribution in [3.63, 3.8) is 0 Å². The molecule has 3 rings (SSSR count). The molecule has 1 N–H and O–H groups in total. The zero-order chi connectivity index (χ0) is 18.9. The second kappa shape index (κ2) is 6.91. The molecule has 0 unspecified atom stereocenters. The van der Waals surface area contributed by atoms with Crippen molar-refractivity contribution in [2.24, 2.45) is 0 Å². The lowest BCUT2D eigenvalue weighted by atomic mass is 10.2. The highest BCUT2D eigenvalue weighted by Gasteiger charge is 2.25. The molecule has 0 bridgehead atoms. The number of nitrogens with one attached hydrogen (secondary N) is 1. The van der Waals surface area contributed by atoms with E-state index in [1.165, 1.54) is 43.3 Å². The highest BCUT2D eigenvalue weighted by atomic mass is 32.2. The molecule has 1 aliphatic heterocycles. The summed E-state index contributed by atoms with van der Waals surface area (Å²) in [5.41, 5.74) is 1.33. The molecule has 1 heterocycles. The predicted molar refractivity (Wildman–Crippen MR) is 92.1 cm³/mol. The first-order valence-corrected chi connectivity index (χ1v) is 9.24. The number of carbonyl (C=O) groups is 1. The molecule has 0 radical (unpaired) electrons. The molecule has 0 saturated heterocycles. The molecule has 2 aromatic rings. The molecule has 1 amide bonds. The normalized spacial score (nSPS) is 13.6. The van der Waals surface area contributed by atoms with Gasteiger partial charge in [-0.2, -0.15) is 8.78 Å². The average molecular weight is 382 g/mol. The first-order valence-electron chi connectivity index (χ1n) is 7.75. The Kier molecular flexibility index (Phi) is 4.82. The third kappa shape index (κ3) is 3.62. The summed E-state index contributed by atoms with van der Waals surface area (Å²) in [4.78, 5) is 13.1. The zero-order valence-electron chi connectivity index (χ0n) is 13.8. The Balaban J connectivity index is 1.90. The molecule has 9 heteroatoms. The lowest BCUT2D eigenvalue weighted by Crippen LogP contribution is -2.25. The minimum atomic E-state index is -4.01. The van der Waals surface area contributed by atoms with Gasteiger partial charge >= 0.3 is 6.61 Å². The summed E-state index contributed by atoms with van der Waals surface area (Å²) in [6.07, 6.45) is 0.545. The highest BCUT2D eigenvalue weighted by molar-refractivity contribution is 7.92. The number of amides is 1. The van der Waals surface area contributed by atoms with E-state index in [9.17, 15) is 22.0 Å². The first-order chi connectivity index (χ1) is 12.3. The van der Waals surface area contributed by atoms with Crippen LogP contribution in [0.1, 0.15) is 12.5 Å². The van der Waals surface area contributed by atoms with Crippen LogP contribution in [0.4, 0.5) is 20.2 Å². The van der Waals surface area contributed by atoms with E-state index in [2.05, 4.69) is 9.46 Å². The van der Waals surface area contributed by atoms with Gasteiger partial charge in [0.1, 0.15) is 5.75 Å². The van der Waals surface area contributed by atoms with Crippen molar-refractivity contribution in [3.8, 4) is 5.75 Å². The second-order valence-electron chi connectivity index (χ2n) is 5.69. The van der Waals surface area contributed by atoms with Crippen LogP contribution in [-0.2, 0) is 21.2 Å². The number of anilines is 2. The van der Waals surface area contributed by atoms with Gasteiger partial charge in [-0.25, -0.2) is 8.42 Å². The Morgan fingerprint density at radius 1 is 1.23 bits per heavy atom. The molecule has 0 aliphatic carbocycles. The van der Waals surface area contributed by atoms with Crippen LogP contribution in [0.25, 0.3) is 0 Å². The van der Waals surface area contributed by atoms with E-state index in [1.54, 1.807) is 11.0 Å². The second-order valence-corrected chi connectivity index (χ2v) is 7.37. The van der Waals surface area contributed by atoms with Crippen LogP contribution in [0.2, 0.25) is 0 Å². The number of halogens is 2. The van der Waals surface area contributed by atoms with Crippen LogP contribution in [0.5, 0.6) is 5.75 Å². The van der Waals surface area contributed by atoms with Gasteiger partial charge in [0.2, 0.25) is 5.91 Å². The fourth-order valence-electron chi connectivity index (χ4n) is 2.83. The molecule has 26 heavy (non-hydrogen) atoms. The predicted octanol–water partition coefficient (Wildman–Crippen LogP) is 3.00. The summed E-state index contributed by atoms with van der Waals surface area (Å²) in [7, 11) is -4.01. The molecule has 0 spiro atoms. The van der Waals surface area contributed by atoms with Gasteiger partial charge < -0.3 is 9.64 Å². The number of benzene rings is 2. The first kappa shape index (κ1) is 18.1. The number of carbonyl (C=O) groups excluding carboxylic acids is 1. The van der Waals surface area contributed by atoms with Crippen LogP contribution in [0.3, 0.4) is 0 Å². The van der Waals surface area contributed by atoms with Crippen molar-refractivity contribution in [2.45, 2.75) is 24.9 Å². The van der Waals surface area contributed by atoms with Gasteiger partial charge in [-0.3, -0.25) is 9.52 Å². The molecule has 6 nitrogen and oxygen atoms in total. The smallest absolute Gasteiger partial charge is 0.387 e. The van der Waals surface area contributed by atoms with Crippen molar-refractivity contribution in [2.75, 3.05) is 16.2 Å². The maximum absolute atomic E-state index is 12.6. The van der Waals surface area contributed by atoms with Gasteiger partial charge in [-0.15, -0.1) is 0 Å². The number of ether oxygens (including phenoxy) is 1. The topological polar surface area (TPSA) is 75.7 Å². The number of fused-ring (bicyclic) bond motifs is 1. The van der Waals surface area contributed by atoms with Crippen molar-refractivity contribution in [3.05, 3.63) is 48.0 Å². The van der Waals surface area contributed by atoms with E-state index in [0.29, 0.717) is 18.7 Å². The number of alkyl halides is 2. The van der Waals surface area contributed by atoms with Gasteiger partial charge in [-0.05, 0) is 42.3 Å². The molecule has 2 aromatic carbocycles. The standard InChI is InChI=1S/C17H16F2N2O4S/c1-11(22)21-9-8-12-10-13(6-7-15(12)21)26(23,24)20-14-4-2-3-5-16(14)25-17(18)19/h2-7,10,17,20H,8-9H2,1H3. The summed E-state index contributed by atoms with van der Waals surface area (Å²) in [5.74, 6) is -0.384. The minimum Gasteiger partial charge on any atom is -0.433 e. The number of para-hydroxylation sites is 2. The summed E-state index contributed by atoms with van der Waals surface area (Å²) in [5, 5.41) is 0. The fourth-order valence-corrected chi connectivity index (χ4v) is 3.95. The van der Waals surface area contributed by atoms with Crippen LogP contribution >= 0.6 is 0 Å². The summed E-state index contributed by atoms with van der Waals surface area (Å²) < 4.78 is 56.8. The van der Waals surface area contributed by atoms with Gasteiger partial charge in [0.25, 0.3) is 10.0 Å². The molecule has 0 atom stereocenters. The van der Waals surface area contributed by atoms with Gasteiger partial charge in [0.15, 0.2) is 0 Å². The molecule has 0 fully saturated rings. The maximum Gasteiger partial charge on any atom is 0.387 e. The van der Waals surface area contributed by atoms with Gasteiger partial charge in [0.05, 0.1) is 10.6 Å². The van der Waals surface area contributed by atoms with Crippen molar-refractivity contribution in [1.29, 1.82) is 0 Å². The molecule has 138 valence electrons. The third-order valence-electron chi connectivity index (χ3n) is 3.98. The van der Waals surface area contributed by atoms with E-state index in [0.717, 1.165) is 5.56 Å². The Hall–Kier alpha value is -2.68. The lowest BCUT2D eigenvalue weighted by Gasteiger charge is -2.16. The van der Waals surface area contributed by atoms with Crippen molar-refractivity contribution >= 4 is 27.3 Å². The summed E-state index contributed by atoms with van der Waals surface area (Å²) in [6.45, 7) is -1.13. The highest BCUT2D eigenvalue weighted by Crippen LogP contribution is 2.32. The molecule has 1 aliphatic rings. The Labute approximate surface area is 149 Å². The number of nitrogens with zero attached hydrogens (tertiary/aromatic N) is 1. The van der Waals surface area contributed by atoms with E-state index < -0.39 is 16.6 Å². The van der Waals surface area contributed by atoms with Crippen molar-refractivity contribution < 1.29 is 26.7 Å². The fraction of sp³-hybridized carbons (Fsp3) is 0.235. The molecule has 0 aromatic heterocycles. The Morgan fingerprint density at radius 2 is 1.96 bits per heavy atom. The van der Waals surface area contributed by atoms with Crippen LogP contribution in [0.15, 0.2) is 47.4 Å².